The van der Waals surface area contributed by atoms with Gasteiger partial charge in [-0.15, -0.1) is 0 Å². The molecule has 4 nitrogen and oxygen atoms in total. The number of hydrogen-bond donors (Lipinski definition) is 3. The first-order valence-electron chi connectivity index (χ1n) is 6.75. The van der Waals surface area contributed by atoms with Crippen LogP contribution in [0.15, 0.2) is 29.3 Å². The van der Waals surface area contributed by atoms with Crippen LogP contribution in [0.3, 0.4) is 0 Å². The molecule has 0 amide bonds. The number of guanidine groups is 1. The van der Waals surface area contributed by atoms with Crippen molar-refractivity contribution < 1.29 is 0 Å². The molecule has 1 fully saturated rings. The predicted molar refractivity (Wildman–Crippen MR) is 80.0 cm³/mol. The van der Waals surface area contributed by atoms with E-state index in [2.05, 4.69) is 22.7 Å². The zero-order valence-corrected chi connectivity index (χ0v) is 12.0. The van der Waals surface area contributed by atoms with E-state index in [1.165, 1.54) is 12.8 Å². The Morgan fingerprint density at radius 3 is 2.79 bits per heavy atom. The molecule has 0 heterocycles. The zero-order valence-electron chi connectivity index (χ0n) is 11.2. The maximum absolute atomic E-state index is 6.00. The lowest BCUT2D eigenvalue weighted by Gasteiger charge is -2.18. The van der Waals surface area contributed by atoms with Gasteiger partial charge in [0.15, 0.2) is 0 Å². The summed E-state index contributed by atoms with van der Waals surface area (Å²) in [5, 5.41) is 4.03. The van der Waals surface area contributed by atoms with Crippen molar-refractivity contribution in [2.45, 2.75) is 44.7 Å². The molecule has 0 saturated heterocycles. The highest BCUT2D eigenvalue weighted by Gasteiger charge is 2.15. The molecule has 2 rings (SSSR count). The minimum atomic E-state index is 0.106. The molecule has 1 saturated carbocycles. The third kappa shape index (κ3) is 4.11. The number of rotatable bonds is 3. The number of nitrogens with zero attached hydrogens (tertiary/aromatic N) is 1. The van der Waals surface area contributed by atoms with Gasteiger partial charge in [-0.3, -0.25) is 5.43 Å². The van der Waals surface area contributed by atoms with Crippen molar-refractivity contribution in [1.82, 2.24) is 10.7 Å². The van der Waals surface area contributed by atoms with Crippen molar-refractivity contribution in [3.05, 3.63) is 34.9 Å². The van der Waals surface area contributed by atoms with Crippen LogP contribution >= 0.6 is 11.6 Å². The summed E-state index contributed by atoms with van der Waals surface area (Å²) in [5.41, 5.74) is 3.76. The summed E-state index contributed by atoms with van der Waals surface area (Å²) < 4.78 is 0. The molecule has 1 aromatic rings. The Hall–Kier alpha value is -1.26. The van der Waals surface area contributed by atoms with Crippen molar-refractivity contribution in [2.24, 2.45) is 10.8 Å². The minimum Gasteiger partial charge on any atom is -0.349 e. The SMILES string of the molecule is CC(NC(=NC1CCCC1)NN)c1cccc(Cl)c1. The largest absolute Gasteiger partial charge is 0.349 e. The number of hydrazine groups is 1. The summed E-state index contributed by atoms with van der Waals surface area (Å²) in [4.78, 5) is 4.62. The zero-order chi connectivity index (χ0) is 13.7. The molecule has 0 spiro atoms. The van der Waals surface area contributed by atoms with Gasteiger partial charge in [0.25, 0.3) is 0 Å². The second-order valence-corrected chi connectivity index (χ2v) is 5.42. The first-order chi connectivity index (χ1) is 9.19. The van der Waals surface area contributed by atoms with E-state index in [0.717, 1.165) is 23.4 Å². The molecule has 4 N–H and O–H groups in total. The summed E-state index contributed by atoms with van der Waals surface area (Å²) in [5.74, 6) is 6.19. The Kier molecular flexibility index (Phi) is 5.05. The van der Waals surface area contributed by atoms with E-state index >= 15 is 0 Å². The van der Waals surface area contributed by atoms with Crippen molar-refractivity contribution in [2.75, 3.05) is 0 Å². The fraction of sp³-hybridized carbons (Fsp3) is 0.500. The molecule has 104 valence electrons. The fourth-order valence-corrected chi connectivity index (χ4v) is 2.60. The highest BCUT2D eigenvalue weighted by atomic mass is 35.5. The van der Waals surface area contributed by atoms with Crippen LogP contribution in [0, 0.1) is 0 Å². The van der Waals surface area contributed by atoms with Crippen LogP contribution in [0.5, 0.6) is 0 Å². The van der Waals surface area contributed by atoms with Gasteiger partial charge in [-0.25, -0.2) is 10.8 Å². The number of hydrogen-bond acceptors (Lipinski definition) is 2. The van der Waals surface area contributed by atoms with Gasteiger partial charge in [0.1, 0.15) is 0 Å². The molecule has 19 heavy (non-hydrogen) atoms. The Morgan fingerprint density at radius 2 is 2.16 bits per heavy atom. The van der Waals surface area contributed by atoms with Crippen molar-refractivity contribution in [1.29, 1.82) is 0 Å². The lowest BCUT2D eigenvalue weighted by Crippen LogP contribution is -2.43. The average Bonchev–Trinajstić information content (AvgIpc) is 2.90. The standard InChI is InChI=1S/C14H21ClN4/c1-10(11-5-4-6-12(15)9-11)17-14(19-16)18-13-7-2-3-8-13/h4-6,9-10,13H,2-3,7-8,16H2,1H3,(H2,17,18,19). The molecule has 0 aliphatic heterocycles. The van der Waals surface area contributed by atoms with E-state index in [4.69, 9.17) is 17.4 Å². The lowest BCUT2D eigenvalue weighted by atomic mass is 10.1. The molecule has 0 bridgehead atoms. The van der Waals surface area contributed by atoms with Crippen molar-refractivity contribution in [3.8, 4) is 0 Å². The smallest absolute Gasteiger partial charge is 0.206 e. The molecule has 1 aliphatic carbocycles. The first-order valence-corrected chi connectivity index (χ1v) is 7.13. The Morgan fingerprint density at radius 1 is 1.42 bits per heavy atom. The van der Waals surface area contributed by atoms with E-state index in [0.29, 0.717) is 12.0 Å². The first kappa shape index (κ1) is 14.2. The van der Waals surface area contributed by atoms with Gasteiger partial charge in [0, 0.05) is 5.02 Å². The summed E-state index contributed by atoms with van der Waals surface area (Å²) in [6.45, 7) is 2.06. The number of halogens is 1. The molecule has 1 unspecified atom stereocenters. The molecule has 1 atom stereocenters. The highest BCUT2D eigenvalue weighted by Crippen LogP contribution is 2.21. The Balaban J connectivity index is 2.01. The second kappa shape index (κ2) is 6.78. The topological polar surface area (TPSA) is 62.4 Å². The van der Waals surface area contributed by atoms with Crippen LogP contribution in [0.1, 0.15) is 44.2 Å². The lowest BCUT2D eigenvalue weighted by molar-refractivity contribution is 0.653. The predicted octanol–water partition coefficient (Wildman–Crippen LogP) is 2.75. The fourth-order valence-electron chi connectivity index (χ4n) is 2.40. The number of aliphatic imine (C=N–C) groups is 1. The van der Waals surface area contributed by atoms with Crippen LogP contribution in [0.25, 0.3) is 0 Å². The van der Waals surface area contributed by atoms with Crippen LogP contribution < -0.4 is 16.6 Å². The molecule has 1 aromatic carbocycles. The van der Waals surface area contributed by atoms with Crippen LogP contribution in [0.4, 0.5) is 0 Å². The summed E-state index contributed by atoms with van der Waals surface area (Å²) in [7, 11) is 0. The van der Waals surface area contributed by atoms with Crippen LogP contribution in [0.2, 0.25) is 5.02 Å². The Labute approximate surface area is 119 Å². The quantitative estimate of drug-likeness (QED) is 0.345. The molecule has 0 radical (unpaired) electrons. The highest BCUT2D eigenvalue weighted by molar-refractivity contribution is 6.30. The maximum atomic E-state index is 6.00. The van der Waals surface area contributed by atoms with Crippen molar-refractivity contribution in [3.63, 3.8) is 0 Å². The third-order valence-corrected chi connectivity index (χ3v) is 3.71. The van der Waals surface area contributed by atoms with Gasteiger partial charge in [0.05, 0.1) is 12.1 Å². The van der Waals surface area contributed by atoms with E-state index < -0.39 is 0 Å². The van der Waals surface area contributed by atoms with Gasteiger partial charge in [-0.05, 0) is 37.5 Å². The van der Waals surface area contributed by atoms with Gasteiger partial charge in [-0.2, -0.15) is 0 Å². The molecule has 1 aliphatic rings. The minimum absolute atomic E-state index is 0.106. The summed E-state index contributed by atoms with van der Waals surface area (Å²) in [6.07, 6.45) is 4.82. The van der Waals surface area contributed by atoms with E-state index in [1.54, 1.807) is 0 Å². The van der Waals surface area contributed by atoms with Gasteiger partial charge < -0.3 is 5.32 Å². The van der Waals surface area contributed by atoms with E-state index in [9.17, 15) is 0 Å². The van der Waals surface area contributed by atoms with Gasteiger partial charge in [-0.1, -0.05) is 36.6 Å². The average molecular weight is 281 g/mol. The normalized spacial score (nSPS) is 18.4. The van der Waals surface area contributed by atoms with Gasteiger partial charge >= 0.3 is 0 Å². The summed E-state index contributed by atoms with van der Waals surface area (Å²) in [6, 6.07) is 8.29. The van der Waals surface area contributed by atoms with Crippen molar-refractivity contribution >= 4 is 17.6 Å². The molecule has 5 heteroatoms. The van der Waals surface area contributed by atoms with E-state index in [1.807, 2.05) is 24.3 Å². The Bertz CT molecular complexity index is 441. The monoisotopic (exact) mass is 280 g/mol. The molecule has 0 aromatic heterocycles. The van der Waals surface area contributed by atoms with Crippen LogP contribution in [-0.2, 0) is 0 Å². The van der Waals surface area contributed by atoms with Crippen LogP contribution in [-0.4, -0.2) is 12.0 Å². The molecular formula is C14H21ClN4. The summed E-state index contributed by atoms with van der Waals surface area (Å²) >= 11 is 6.00. The second-order valence-electron chi connectivity index (χ2n) is 4.98. The third-order valence-electron chi connectivity index (χ3n) is 3.47. The number of benzene rings is 1. The number of nitrogens with one attached hydrogen (secondary N) is 2. The van der Waals surface area contributed by atoms with E-state index in [-0.39, 0.29) is 6.04 Å². The molecular weight excluding hydrogens is 260 g/mol. The maximum Gasteiger partial charge on any atom is 0.206 e. The van der Waals surface area contributed by atoms with Gasteiger partial charge in [0.2, 0.25) is 5.96 Å². The number of nitrogens with two attached hydrogens (primary N) is 1.